The largest absolute Gasteiger partial charge is 0.396 e. The lowest BCUT2D eigenvalue weighted by Gasteiger charge is -2.31. The Bertz CT molecular complexity index is 403. The van der Waals surface area contributed by atoms with Crippen LogP contribution in [0.1, 0.15) is 25.7 Å². The average molecular weight is 272 g/mol. The first-order valence-corrected chi connectivity index (χ1v) is 6.49. The van der Waals surface area contributed by atoms with Crippen molar-refractivity contribution in [3.63, 3.8) is 0 Å². The Kier molecular flexibility index (Phi) is 4.57. The number of aliphatic hydroxyl groups excluding tert-OH is 1. The summed E-state index contributed by atoms with van der Waals surface area (Å²) in [4.78, 5) is 8.10. The number of hydrogen-bond acceptors (Lipinski definition) is 6. The van der Waals surface area contributed by atoms with Gasteiger partial charge in [0.25, 0.3) is 0 Å². The summed E-state index contributed by atoms with van der Waals surface area (Å²) in [5, 5.41) is 13.1. The molecule has 1 aliphatic rings. The van der Waals surface area contributed by atoms with Gasteiger partial charge >= 0.3 is 0 Å². The molecule has 0 aliphatic heterocycles. The highest BCUT2D eigenvalue weighted by atomic mass is 35.5. The molecule has 0 amide bonds. The van der Waals surface area contributed by atoms with E-state index in [4.69, 9.17) is 17.4 Å². The van der Waals surface area contributed by atoms with Crippen molar-refractivity contribution in [3.05, 3.63) is 11.2 Å². The zero-order valence-electron chi connectivity index (χ0n) is 10.1. The molecule has 0 saturated heterocycles. The Balaban J connectivity index is 2.11. The summed E-state index contributed by atoms with van der Waals surface area (Å²) >= 11 is 6.04. The minimum Gasteiger partial charge on any atom is -0.396 e. The first-order valence-electron chi connectivity index (χ1n) is 6.11. The van der Waals surface area contributed by atoms with Crippen LogP contribution in [0.25, 0.3) is 0 Å². The lowest BCUT2D eigenvalue weighted by atomic mass is 9.85. The molecule has 5 N–H and O–H groups in total. The topological polar surface area (TPSA) is 96.1 Å². The monoisotopic (exact) mass is 271 g/mol. The molecule has 1 heterocycles. The van der Waals surface area contributed by atoms with Crippen LogP contribution < -0.4 is 16.6 Å². The maximum absolute atomic E-state index is 9.37. The Morgan fingerprint density at radius 1 is 1.44 bits per heavy atom. The molecule has 7 heteroatoms. The minimum absolute atomic E-state index is 0.183. The van der Waals surface area contributed by atoms with E-state index in [2.05, 4.69) is 20.7 Å². The van der Waals surface area contributed by atoms with E-state index < -0.39 is 0 Å². The lowest BCUT2D eigenvalue weighted by Crippen LogP contribution is -2.34. The van der Waals surface area contributed by atoms with E-state index in [1.54, 1.807) is 0 Å². The number of halogens is 1. The normalized spacial score (nSPS) is 23.7. The summed E-state index contributed by atoms with van der Waals surface area (Å²) in [6, 6.07) is 0.196. The van der Waals surface area contributed by atoms with Crippen molar-refractivity contribution in [2.75, 3.05) is 17.3 Å². The minimum atomic E-state index is 0.183. The van der Waals surface area contributed by atoms with Crippen molar-refractivity contribution in [1.29, 1.82) is 0 Å². The molecule has 2 rings (SSSR count). The van der Waals surface area contributed by atoms with E-state index in [-0.39, 0.29) is 18.6 Å². The second-order valence-electron chi connectivity index (χ2n) is 4.51. The number of nitrogens with one attached hydrogen (secondary N) is 2. The standard InChI is InChI=1S/C11H18ClN5O/c12-8-5-14-11(17-13)16-10(8)15-9-4-2-1-3-7(9)6-18/h5,7,9,18H,1-4,6,13H2,(H2,14,15,16,17). The number of hydrogen-bond donors (Lipinski definition) is 4. The van der Waals surface area contributed by atoms with Crippen molar-refractivity contribution < 1.29 is 5.11 Å². The first-order chi connectivity index (χ1) is 8.74. The van der Waals surface area contributed by atoms with Crippen LogP contribution in [0, 0.1) is 5.92 Å². The summed E-state index contributed by atoms with van der Waals surface area (Å²) in [5.74, 6) is 6.40. The van der Waals surface area contributed by atoms with Gasteiger partial charge in [-0.25, -0.2) is 10.8 Å². The predicted octanol–water partition coefficient (Wildman–Crippen LogP) is 1.38. The van der Waals surface area contributed by atoms with Gasteiger partial charge in [-0.05, 0) is 12.8 Å². The van der Waals surface area contributed by atoms with E-state index in [1.807, 2.05) is 0 Å². The molecule has 0 radical (unpaired) electrons. The van der Waals surface area contributed by atoms with Crippen molar-refractivity contribution in [3.8, 4) is 0 Å². The second-order valence-corrected chi connectivity index (χ2v) is 4.92. The molecule has 100 valence electrons. The first kappa shape index (κ1) is 13.3. The summed E-state index contributed by atoms with van der Waals surface area (Å²) < 4.78 is 0. The third kappa shape index (κ3) is 3.01. The quantitative estimate of drug-likeness (QED) is 0.488. The number of rotatable bonds is 4. The number of nitrogens with zero attached hydrogens (tertiary/aromatic N) is 2. The molecule has 2 unspecified atom stereocenters. The smallest absolute Gasteiger partial charge is 0.239 e. The summed E-state index contributed by atoms with van der Waals surface area (Å²) in [5.41, 5.74) is 2.39. The van der Waals surface area contributed by atoms with Crippen molar-refractivity contribution in [2.45, 2.75) is 31.7 Å². The number of aromatic nitrogens is 2. The van der Waals surface area contributed by atoms with Crippen LogP contribution in [0.2, 0.25) is 5.02 Å². The van der Waals surface area contributed by atoms with Gasteiger partial charge in [-0.3, -0.25) is 5.43 Å². The fourth-order valence-corrected chi connectivity index (χ4v) is 2.48. The molecule has 1 aromatic heterocycles. The number of nitrogens with two attached hydrogens (primary N) is 1. The van der Waals surface area contributed by atoms with Gasteiger partial charge in [0.05, 0.1) is 6.20 Å². The highest BCUT2D eigenvalue weighted by Crippen LogP contribution is 2.28. The number of anilines is 2. The zero-order chi connectivity index (χ0) is 13.0. The van der Waals surface area contributed by atoms with Crippen LogP contribution in [-0.2, 0) is 0 Å². The lowest BCUT2D eigenvalue weighted by molar-refractivity contribution is 0.178. The molecule has 18 heavy (non-hydrogen) atoms. The predicted molar refractivity (Wildman–Crippen MR) is 71.3 cm³/mol. The summed E-state index contributed by atoms with van der Waals surface area (Å²) in [6.07, 6.45) is 5.86. The third-order valence-electron chi connectivity index (χ3n) is 3.34. The Hall–Kier alpha value is -1.11. The third-order valence-corrected chi connectivity index (χ3v) is 3.62. The van der Waals surface area contributed by atoms with E-state index in [0.29, 0.717) is 16.8 Å². The van der Waals surface area contributed by atoms with Crippen LogP contribution in [-0.4, -0.2) is 27.7 Å². The molecule has 1 aliphatic carbocycles. The molecular weight excluding hydrogens is 254 g/mol. The molecule has 2 atom stereocenters. The van der Waals surface area contributed by atoms with Crippen LogP contribution in [0.15, 0.2) is 6.20 Å². The van der Waals surface area contributed by atoms with Crippen molar-refractivity contribution in [1.82, 2.24) is 9.97 Å². The highest BCUT2D eigenvalue weighted by Gasteiger charge is 2.25. The zero-order valence-corrected chi connectivity index (χ0v) is 10.8. The van der Waals surface area contributed by atoms with Crippen LogP contribution in [0.4, 0.5) is 11.8 Å². The maximum atomic E-state index is 9.37. The van der Waals surface area contributed by atoms with Gasteiger partial charge in [-0.1, -0.05) is 24.4 Å². The van der Waals surface area contributed by atoms with Crippen LogP contribution in [0.5, 0.6) is 0 Å². The summed E-state index contributed by atoms with van der Waals surface area (Å²) in [6.45, 7) is 0.183. The molecule has 6 nitrogen and oxygen atoms in total. The van der Waals surface area contributed by atoms with Gasteiger partial charge in [0.1, 0.15) is 5.02 Å². The van der Waals surface area contributed by atoms with Gasteiger partial charge in [0.2, 0.25) is 5.95 Å². The molecule has 0 aromatic carbocycles. The molecule has 0 bridgehead atoms. The fourth-order valence-electron chi connectivity index (χ4n) is 2.33. The van der Waals surface area contributed by atoms with E-state index in [0.717, 1.165) is 25.7 Å². The Labute approximate surface area is 111 Å². The van der Waals surface area contributed by atoms with E-state index >= 15 is 0 Å². The highest BCUT2D eigenvalue weighted by molar-refractivity contribution is 6.32. The second kappa shape index (κ2) is 6.17. The van der Waals surface area contributed by atoms with Crippen molar-refractivity contribution >= 4 is 23.4 Å². The van der Waals surface area contributed by atoms with Crippen LogP contribution >= 0.6 is 11.6 Å². The van der Waals surface area contributed by atoms with Gasteiger partial charge in [-0.2, -0.15) is 4.98 Å². The molecular formula is C11H18ClN5O. The number of hydrazine groups is 1. The van der Waals surface area contributed by atoms with Gasteiger partial charge in [-0.15, -0.1) is 0 Å². The van der Waals surface area contributed by atoms with E-state index in [1.165, 1.54) is 6.20 Å². The van der Waals surface area contributed by atoms with Gasteiger partial charge < -0.3 is 10.4 Å². The molecule has 1 saturated carbocycles. The Morgan fingerprint density at radius 3 is 2.94 bits per heavy atom. The number of nitrogen functional groups attached to an aromatic ring is 1. The van der Waals surface area contributed by atoms with Gasteiger partial charge in [0.15, 0.2) is 5.82 Å². The van der Waals surface area contributed by atoms with E-state index in [9.17, 15) is 5.11 Å². The fraction of sp³-hybridized carbons (Fsp3) is 0.636. The molecule has 1 fully saturated rings. The molecule has 1 aromatic rings. The maximum Gasteiger partial charge on any atom is 0.239 e. The Morgan fingerprint density at radius 2 is 2.22 bits per heavy atom. The number of aliphatic hydroxyl groups is 1. The molecule has 0 spiro atoms. The SMILES string of the molecule is NNc1ncc(Cl)c(NC2CCCCC2CO)n1. The van der Waals surface area contributed by atoms with Gasteiger partial charge in [0, 0.05) is 18.6 Å². The average Bonchev–Trinajstić information content (AvgIpc) is 2.42. The van der Waals surface area contributed by atoms with Crippen molar-refractivity contribution in [2.24, 2.45) is 11.8 Å². The summed E-state index contributed by atoms with van der Waals surface area (Å²) in [7, 11) is 0. The van der Waals surface area contributed by atoms with Crippen LogP contribution in [0.3, 0.4) is 0 Å².